The molecule has 3 saturated carbocycles. The number of rotatable bonds is 10. The quantitative estimate of drug-likeness (QED) is 0.252. The summed E-state index contributed by atoms with van der Waals surface area (Å²) in [5.74, 6) is 1.19. The van der Waals surface area contributed by atoms with Gasteiger partial charge in [0.15, 0.2) is 0 Å². The van der Waals surface area contributed by atoms with Crippen LogP contribution in [0.1, 0.15) is 125 Å². The van der Waals surface area contributed by atoms with Gasteiger partial charge in [-0.3, -0.25) is 0 Å². The predicted molar refractivity (Wildman–Crippen MR) is 153 cm³/mol. The third-order valence-electron chi connectivity index (χ3n) is 10.1. The number of aliphatic hydroxyl groups is 4. The Hall–Kier alpha value is -0.940. The topological polar surface area (TPSA) is 80.9 Å². The van der Waals surface area contributed by atoms with E-state index in [4.69, 9.17) is 0 Å². The molecule has 37 heavy (non-hydrogen) atoms. The number of fused-ring (bicyclic) bond motifs is 1. The van der Waals surface area contributed by atoms with Gasteiger partial charge >= 0.3 is 0 Å². The Morgan fingerprint density at radius 2 is 1.51 bits per heavy atom. The molecule has 0 spiro atoms. The molecule has 3 aliphatic carbocycles. The molecule has 0 radical (unpaired) electrons. The van der Waals surface area contributed by atoms with Gasteiger partial charge in [0.25, 0.3) is 0 Å². The van der Waals surface area contributed by atoms with E-state index in [0.29, 0.717) is 24.7 Å². The van der Waals surface area contributed by atoms with Crippen molar-refractivity contribution in [2.45, 2.75) is 148 Å². The van der Waals surface area contributed by atoms with Gasteiger partial charge in [0.2, 0.25) is 0 Å². The van der Waals surface area contributed by atoms with Gasteiger partial charge in [-0.15, -0.1) is 0 Å². The van der Waals surface area contributed by atoms with Gasteiger partial charge in [0, 0.05) is 6.42 Å². The van der Waals surface area contributed by atoms with Crippen LogP contribution in [0.25, 0.3) is 0 Å². The molecular formula is C33H56O4. The number of aliphatic hydroxyl groups excluding tert-OH is 2. The van der Waals surface area contributed by atoms with Gasteiger partial charge in [0.1, 0.15) is 0 Å². The van der Waals surface area contributed by atoms with Gasteiger partial charge in [-0.1, -0.05) is 51.0 Å². The van der Waals surface area contributed by atoms with E-state index in [9.17, 15) is 20.4 Å². The second-order valence-corrected chi connectivity index (χ2v) is 14.6. The first-order valence-electron chi connectivity index (χ1n) is 14.9. The summed E-state index contributed by atoms with van der Waals surface area (Å²) in [5.41, 5.74) is 2.46. The average molecular weight is 517 g/mol. The van der Waals surface area contributed by atoms with Crippen molar-refractivity contribution in [2.75, 3.05) is 0 Å². The van der Waals surface area contributed by atoms with Gasteiger partial charge < -0.3 is 20.4 Å². The van der Waals surface area contributed by atoms with Gasteiger partial charge in [-0.25, -0.2) is 0 Å². The Morgan fingerprint density at radius 1 is 0.919 bits per heavy atom. The molecule has 0 aliphatic heterocycles. The fourth-order valence-electron chi connectivity index (χ4n) is 8.17. The van der Waals surface area contributed by atoms with E-state index >= 15 is 0 Å². The normalized spacial score (nSPS) is 33.8. The molecule has 5 atom stereocenters. The first-order valence-corrected chi connectivity index (χ1v) is 14.9. The zero-order chi connectivity index (χ0) is 27.6. The predicted octanol–water partition coefficient (Wildman–Crippen LogP) is 7.02. The lowest BCUT2D eigenvalue weighted by Crippen LogP contribution is -2.41. The third kappa shape index (κ3) is 7.81. The molecule has 0 aromatic rings. The number of hydrogen-bond donors (Lipinski definition) is 4. The zero-order valence-electron chi connectivity index (χ0n) is 24.7. The van der Waals surface area contributed by atoms with E-state index in [-0.39, 0.29) is 10.8 Å². The molecule has 0 amide bonds. The standard InChI is InChI=1S/C33H56O4/c1-23-25(21-26(34)22-28(23)35)13-12-24-11-8-20-33(7)27(24)14-15-29(33)32(6,18-9-16-30(2,3)36)19-10-17-31(4,5)37/h12-13,26-29,34-37H,1,8-11,14-22H2,2-7H3/t26?,27?,28-,29+,33-/m0/s1. The van der Waals surface area contributed by atoms with Crippen molar-refractivity contribution in [3.63, 3.8) is 0 Å². The van der Waals surface area contributed by atoms with Crippen LogP contribution in [0.15, 0.2) is 35.5 Å². The minimum atomic E-state index is -0.644. The monoisotopic (exact) mass is 516 g/mol. The molecule has 2 unspecified atom stereocenters. The molecule has 0 aromatic carbocycles. The molecule has 3 rings (SSSR count). The summed E-state index contributed by atoms with van der Waals surface area (Å²) in [5, 5.41) is 41.2. The molecule has 0 saturated heterocycles. The largest absolute Gasteiger partial charge is 0.393 e. The van der Waals surface area contributed by atoms with Crippen molar-refractivity contribution in [3.8, 4) is 0 Å². The Labute approximate surface area is 227 Å². The maximum atomic E-state index is 10.4. The first-order chi connectivity index (χ1) is 17.0. The van der Waals surface area contributed by atoms with E-state index in [1.54, 1.807) is 0 Å². The lowest BCUT2D eigenvalue weighted by molar-refractivity contribution is 0.00528. The van der Waals surface area contributed by atoms with Crippen molar-refractivity contribution in [1.82, 2.24) is 0 Å². The van der Waals surface area contributed by atoms with E-state index < -0.39 is 23.4 Å². The van der Waals surface area contributed by atoms with E-state index in [2.05, 4.69) is 32.6 Å². The van der Waals surface area contributed by atoms with Crippen LogP contribution in [0.3, 0.4) is 0 Å². The van der Waals surface area contributed by atoms with Crippen molar-refractivity contribution in [1.29, 1.82) is 0 Å². The van der Waals surface area contributed by atoms with Gasteiger partial charge in [-0.2, -0.15) is 0 Å². The van der Waals surface area contributed by atoms with Crippen LogP contribution in [-0.4, -0.2) is 43.8 Å². The summed E-state index contributed by atoms with van der Waals surface area (Å²) in [6, 6.07) is 0. The summed E-state index contributed by atoms with van der Waals surface area (Å²) in [6.07, 6.45) is 16.2. The fourth-order valence-corrected chi connectivity index (χ4v) is 8.17. The summed E-state index contributed by atoms with van der Waals surface area (Å²) >= 11 is 0. The highest BCUT2D eigenvalue weighted by Gasteiger charge is 2.54. The molecule has 0 heterocycles. The van der Waals surface area contributed by atoms with Crippen molar-refractivity contribution in [3.05, 3.63) is 35.5 Å². The Kier molecular flexibility index (Phi) is 9.64. The van der Waals surface area contributed by atoms with E-state index in [1.807, 2.05) is 27.7 Å². The van der Waals surface area contributed by atoms with E-state index in [0.717, 1.165) is 56.1 Å². The molecule has 3 fully saturated rings. The lowest BCUT2D eigenvalue weighted by atomic mass is 9.55. The maximum Gasteiger partial charge on any atom is 0.0811 e. The SMILES string of the molecule is C=C1C(=CC=C2CCC[C@@]3(C)C2CC[C@@H]3C(C)(CCCC(C)(C)O)CCCC(C)(C)O)CC(O)C[C@@H]1O. The fraction of sp³-hybridized carbons (Fsp3) is 0.818. The maximum absolute atomic E-state index is 10.4. The molecular weight excluding hydrogens is 460 g/mol. The van der Waals surface area contributed by atoms with Crippen LogP contribution < -0.4 is 0 Å². The molecule has 4 N–H and O–H groups in total. The van der Waals surface area contributed by atoms with Crippen LogP contribution in [0.5, 0.6) is 0 Å². The van der Waals surface area contributed by atoms with Crippen LogP contribution in [0.2, 0.25) is 0 Å². The number of hydrogen-bond acceptors (Lipinski definition) is 4. The highest BCUT2D eigenvalue weighted by atomic mass is 16.3. The second-order valence-electron chi connectivity index (χ2n) is 14.6. The van der Waals surface area contributed by atoms with Crippen molar-refractivity contribution in [2.24, 2.45) is 22.7 Å². The van der Waals surface area contributed by atoms with Crippen molar-refractivity contribution >= 4 is 0 Å². The molecule has 3 aliphatic rings. The van der Waals surface area contributed by atoms with Crippen LogP contribution in [0.4, 0.5) is 0 Å². The Balaban J connectivity index is 1.83. The summed E-state index contributed by atoms with van der Waals surface area (Å²) in [7, 11) is 0. The Bertz CT molecular complexity index is 835. The molecule has 4 nitrogen and oxygen atoms in total. The smallest absolute Gasteiger partial charge is 0.0811 e. The zero-order valence-corrected chi connectivity index (χ0v) is 24.7. The van der Waals surface area contributed by atoms with Crippen molar-refractivity contribution < 1.29 is 20.4 Å². The summed E-state index contributed by atoms with van der Waals surface area (Å²) < 4.78 is 0. The second kappa shape index (κ2) is 11.7. The van der Waals surface area contributed by atoms with Crippen LogP contribution >= 0.6 is 0 Å². The molecule has 0 bridgehead atoms. The Morgan fingerprint density at radius 3 is 2.08 bits per heavy atom. The van der Waals surface area contributed by atoms with Gasteiger partial charge in [0.05, 0.1) is 23.4 Å². The van der Waals surface area contributed by atoms with Gasteiger partial charge in [-0.05, 0) is 126 Å². The number of allylic oxidation sites excluding steroid dienone is 3. The molecule has 0 aromatic heterocycles. The summed E-state index contributed by atoms with van der Waals surface area (Å²) in [6.45, 7) is 16.8. The highest BCUT2D eigenvalue weighted by molar-refractivity contribution is 5.38. The lowest BCUT2D eigenvalue weighted by Gasteiger charge is -2.50. The minimum absolute atomic E-state index is 0.187. The third-order valence-corrected chi connectivity index (χ3v) is 10.1. The highest BCUT2D eigenvalue weighted by Crippen LogP contribution is 2.64. The molecule has 212 valence electrons. The summed E-state index contributed by atoms with van der Waals surface area (Å²) in [4.78, 5) is 0. The molecule has 4 heteroatoms. The first kappa shape index (κ1) is 30.6. The van der Waals surface area contributed by atoms with Crippen LogP contribution in [0, 0.1) is 22.7 Å². The van der Waals surface area contributed by atoms with Crippen LogP contribution in [-0.2, 0) is 0 Å². The minimum Gasteiger partial charge on any atom is -0.393 e. The average Bonchev–Trinajstić information content (AvgIpc) is 3.11. The van der Waals surface area contributed by atoms with E-state index in [1.165, 1.54) is 31.3 Å².